The van der Waals surface area contributed by atoms with Crippen LogP contribution in [0.5, 0.6) is 0 Å². The number of hydrogen-bond donors (Lipinski definition) is 1. The van der Waals surface area contributed by atoms with Crippen molar-refractivity contribution in [3.63, 3.8) is 0 Å². The van der Waals surface area contributed by atoms with Crippen LogP contribution in [0.2, 0.25) is 0 Å². The molecule has 10 heteroatoms. The van der Waals surface area contributed by atoms with Gasteiger partial charge in [0.05, 0.1) is 16.2 Å². The number of thioether (sulfide) groups is 1. The molecule has 29 heavy (non-hydrogen) atoms. The van der Waals surface area contributed by atoms with Gasteiger partial charge in [0.2, 0.25) is 14.2 Å². The lowest BCUT2D eigenvalue weighted by atomic mass is 10.1. The maximum Gasteiger partial charge on any atom is 0.256 e. The standard InChI is InChI=1S/C19H20N4O3S3/c1-12-3-5-14(6-4-12)29(25,26)19-20-9-13(28-19)10-23-8-7-16-15(11-23)17(24)22-18(21-16)27-2/h3-6,9H,7-8,10-11H2,1-2H3,(H,21,22,24). The molecule has 0 aliphatic carbocycles. The Morgan fingerprint density at radius 1 is 1.28 bits per heavy atom. The SMILES string of the molecule is CSc1nc2c(c(=O)[nH]1)CN(Cc1cnc(S(=O)(=O)c3ccc(C)cc3)s1)CC2. The van der Waals surface area contributed by atoms with Gasteiger partial charge >= 0.3 is 0 Å². The summed E-state index contributed by atoms with van der Waals surface area (Å²) in [6.45, 7) is 3.71. The first-order valence-corrected chi connectivity index (χ1v) is 12.5. The molecule has 0 radical (unpaired) electrons. The summed E-state index contributed by atoms with van der Waals surface area (Å²) in [7, 11) is -3.62. The maximum atomic E-state index is 12.8. The third-order valence-corrected chi connectivity index (χ3v) is 8.52. The molecule has 1 aliphatic heterocycles. The molecule has 0 saturated heterocycles. The van der Waals surface area contributed by atoms with E-state index in [2.05, 4.69) is 19.9 Å². The smallest absolute Gasteiger partial charge is 0.256 e. The molecule has 0 atom stereocenters. The molecular weight excluding hydrogens is 428 g/mol. The molecule has 0 amide bonds. The molecule has 1 N–H and O–H groups in total. The van der Waals surface area contributed by atoms with E-state index in [9.17, 15) is 13.2 Å². The minimum absolute atomic E-state index is 0.0953. The fraction of sp³-hybridized carbons (Fsp3) is 0.316. The van der Waals surface area contributed by atoms with Crippen molar-refractivity contribution in [1.82, 2.24) is 19.9 Å². The van der Waals surface area contributed by atoms with E-state index in [1.54, 1.807) is 30.5 Å². The van der Waals surface area contributed by atoms with Gasteiger partial charge in [-0.25, -0.2) is 18.4 Å². The molecule has 1 aliphatic rings. The van der Waals surface area contributed by atoms with E-state index >= 15 is 0 Å². The number of benzene rings is 1. The minimum atomic E-state index is -3.62. The fourth-order valence-corrected chi connectivity index (χ4v) is 6.23. The van der Waals surface area contributed by atoms with Gasteiger partial charge in [0.25, 0.3) is 5.56 Å². The maximum absolute atomic E-state index is 12.8. The molecule has 1 aromatic carbocycles. The summed E-state index contributed by atoms with van der Waals surface area (Å²) in [6, 6.07) is 6.77. The van der Waals surface area contributed by atoms with Crippen molar-refractivity contribution in [2.24, 2.45) is 0 Å². The van der Waals surface area contributed by atoms with Crippen LogP contribution in [0.15, 0.2) is 49.6 Å². The fourth-order valence-electron chi connectivity index (χ4n) is 3.22. The Bertz CT molecular complexity index is 1200. The van der Waals surface area contributed by atoms with Crippen LogP contribution in [0.4, 0.5) is 0 Å². The van der Waals surface area contributed by atoms with Crippen LogP contribution < -0.4 is 5.56 Å². The summed E-state index contributed by atoms with van der Waals surface area (Å²) in [5, 5.41) is 0.635. The van der Waals surface area contributed by atoms with Crippen molar-refractivity contribution in [2.45, 2.75) is 40.8 Å². The van der Waals surface area contributed by atoms with Crippen molar-refractivity contribution >= 4 is 32.9 Å². The van der Waals surface area contributed by atoms with Crippen LogP contribution in [0.25, 0.3) is 0 Å². The Kier molecular flexibility index (Phi) is 5.60. The Hall–Kier alpha value is -2.01. The first-order valence-electron chi connectivity index (χ1n) is 9.01. The number of sulfone groups is 1. The first-order chi connectivity index (χ1) is 13.9. The summed E-state index contributed by atoms with van der Waals surface area (Å²) >= 11 is 2.60. The van der Waals surface area contributed by atoms with Gasteiger partial charge in [-0.05, 0) is 25.3 Å². The van der Waals surface area contributed by atoms with Crippen LogP contribution in [0, 0.1) is 6.92 Å². The number of rotatable bonds is 5. The second kappa shape index (κ2) is 8.02. The number of fused-ring (bicyclic) bond motifs is 1. The predicted molar refractivity (Wildman–Crippen MR) is 113 cm³/mol. The number of hydrogen-bond acceptors (Lipinski definition) is 8. The predicted octanol–water partition coefficient (Wildman–Crippen LogP) is 2.65. The summed E-state index contributed by atoms with van der Waals surface area (Å²) < 4.78 is 25.7. The molecule has 3 aromatic rings. The van der Waals surface area contributed by atoms with E-state index in [1.165, 1.54) is 23.1 Å². The van der Waals surface area contributed by atoms with E-state index in [-0.39, 0.29) is 14.8 Å². The zero-order valence-corrected chi connectivity index (χ0v) is 18.5. The van der Waals surface area contributed by atoms with Gasteiger partial charge in [0, 0.05) is 37.1 Å². The summed E-state index contributed by atoms with van der Waals surface area (Å²) in [4.78, 5) is 27.0. The molecule has 0 spiro atoms. The number of aromatic nitrogens is 3. The Labute approximate surface area is 177 Å². The molecule has 4 rings (SSSR count). The van der Waals surface area contributed by atoms with Crippen LogP contribution in [-0.2, 0) is 29.3 Å². The average Bonchev–Trinajstić information content (AvgIpc) is 3.18. The molecule has 7 nitrogen and oxygen atoms in total. The highest BCUT2D eigenvalue weighted by atomic mass is 32.2. The molecule has 152 valence electrons. The van der Waals surface area contributed by atoms with Gasteiger partial charge in [-0.2, -0.15) is 0 Å². The number of aryl methyl sites for hydroxylation is 1. The third kappa shape index (κ3) is 4.16. The van der Waals surface area contributed by atoms with E-state index < -0.39 is 9.84 Å². The Morgan fingerprint density at radius 3 is 2.76 bits per heavy atom. The second-order valence-corrected chi connectivity index (χ2v) is 10.9. The lowest BCUT2D eigenvalue weighted by Gasteiger charge is -2.26. The molecule has 3 heterocycles. The summed E-state index contributed by atoms with van der Waals surface area (Å²) in [6.07, 6.45) is 4.19. The quantitative estimate of drug-likeness (QED) is 0.473. The summed E-state index contributed by atoms with van der Waals surface area (Å²) in [5.41, 5.74) is 2.44. The van der Waals surface area contributed by atoms with Gasteiger partial charge < -0.3 is 4.98 Å². The summed E-state index contributed by atoms with van der Waals surface area (Å²) in [5.74, 6) is 0. The highest BCUT2D eigenvalue weighted by Gasteiger charge is 2.24. The number of nitrogens with zero attached hydrogens (tertiary/aromatic N) is 3. The van der Waals surface area contributed by atoms with E-state index in [0.717, 1.165) is 22.7 Å². The number of aromatic amines is 1. The Morgan fingerprint density at radius 2 is 2.03 bits per heavy atom. The largest absolute Gasteiger partial charge is 0.301 e. The molecule has 0 unspecified atom stereocenters. The molecular formula is C19H20N4O3S3. The van der Waals surface area contributed by atoms with Gasteiger partial charge in [-0.3, -0.25) is 9.69 Å². The lowest BCUT2D eigenvalue weighted by Crippen LogP contribution is -2.35. The van der Waals surface area contributed by atoms with Crippen molar-refractivity contribution in [3.8, 4) is 0 Å². The highest BCUT2D eigenvalue weighted by molar-refractivity contribution is 7.98. The molecule has 2 aromatic heterocycles. The third-order valence-electron chi connectivity index (χ3n) is 4.79. The van der Waals surface area contributed by atoms with E-state index in [4.69, 9.17) is 0 Å². The van der Waals surface area contributed by atoms with Gasteiger partial charge in [0.15, 0.2) is 5.16 Å². The van der Waals surface area contributed by atoms with Gasteiger partial charge in [0.1, 0.15) is 0 Å². The lowest BCUT2D eigenvalue weighted by molar-refractivity contribution is 0.243. The van der Waals surface area contributed by atoms with Crippen LogP contribution in [0.3, 0.4) is 0 Å². The van der Waals surface area contributed by atoms with Crippen molar-refractivity contribution in [2.75, 3.05) is 12.8 Å². The molecule has 0 fully saturated rings. The topological polar surface area (TPSA) is 96.0 Å². The number of thiazole rings is 1. The van der Waals surface area contributed by atoms with Crippen LogP contribution in [-0.4, -0.2) is 41.1 Å². The van der Waals surface area contributed by atoms with Crippen molar-refractivity contribution in [1.29, 1.82) is 0 Å². The molecule has 0 bridgehead atoms. The average molecular weight is 449 g/mol. The monoisotopic (exact) mass is 448 g/mol. The van der Waals surface area contributed by atoms with Gasteiger partial charge in [-0.15, -0.1) is 11.3 Å². The molecule has 0 saturated carbocycles. The normalized spacial score (nSPS) is 14.7. The highest BCUT2D eigenvalue weighted by Crippen LogP contribution is 2.27. The zero-order valence-electron chi connectivity index (χ0n) is 16.0. The minimum Gasteiger partial charge on any atom is -0.301 e. The van der Waals surface area contributed by atoms with E-state index in [0.29, 0.717) is 30.2 Å². The zero-order chi connectivity index (χ0) is 20.6. The van der Waals surface area contributed by atoms with Crippen LogP contribution >= 0.6 is 23.1 Å². The second-order valence-electron chi connectivity index (χ2n) is 6.87. The Balaban J connectivity index is 1.51. The van der Waals surface area contributed by atoms with Gasteiger partial charge in [-0.1, -0.05) is 29.5 Å². The van der Waals surface area contributed by atoms with Crippen LogP contribution in [0.1, 0.15) is 21.7 Å². The number of H-pyrrole nitrogens is 1. The number of nitrogens with one attached hydrogen (secondary N) is 1. The van der Waals surface area contributed by atoms with E-state index in [1.807, 2.05) is 13.2 Å². The first kappa shape index (κ1) is 20.3. The van der Waals surface area contributed by atoms with Crippen molar-refractivity contribution < 1.29 is 8.42 Å². The van der Waals surface area contributed by atoms with Crippen molar-refractivity contribution in [3.05, 3.63) is 62.5 Å².